The van der Waals surface area contributed by atoms with E-state index in [9.17, 15) is 0 Å². The van der Waals surface area contributed by atoms with Crippen molar-refractivity contribution < 1.29 is 0 Å². The van der Waals surface area contributed by atoms with Gasteiger partial charge in [-0.25, -0.2) is 19.9 Å². The molecule has 0 spiro atoms. The zero-order valence-corrected chi connectivity index (χ0v) is 24.5. The maximum Gasteiger partial charge on any atom is 0.225 e. The molecule has 2 saturated carbocycles. The second kappa shape index (κ2) is 14.0. The molecule has 4 atom stereocenters. The first-order valence-corrected chi connectivity index (χ1v) is 15.5. The van der Waals surface area contributed by atoms with Gasteiger partial charge < -0.3 is 15.5 Å². The van der Waals surface area contributed by atoms with Gasteiger partial charge >= 0.3 is 0 Å². The molecule has 0 unspecified atom stereocenters. The molecule has 2 N–H and O–H groups in total. The minimum Gasteiger partial charge on any atom is -0.341 e. The van der Waals surface area contributed by atoms with Crippen molar-refractivity contribution in [2.45, 2.75) is 51.4 Å². The molecule has 216 valence electrons. The average Bonchev–Trinajstić information content (AvgIpc) is 3.92. The van der Waals surface area contributed by atoms with E-state index in [-0.39, 0.29) is 0 Å². The summed E-state index contributed by atoms with van der Waals surface area (Å²) in [4.78, 5) is 24.5. The van der Waals surface area contributed by atoms with E-state index >= 15 is 0 Å². The molecule has 10 nitrogen and oxygen atoms in total. The molecule has 0 radical (unpaired) electrons. The predicted molar refractivity (Wildman–Crippen MR) is 159 cm³/mol. The van der Waals surface area contributed by atoms with Crippen LogP contribution in [0.3, 0.4) is 0 Å². The standard InChI is InChI=1S/C14H19ClN6.C14H21ClN4/c15-12-8-17-14(18-9-12)21-5-2-10(3-6-21)13-7-11(13)1-4-19-20-16;15-12-8-17-14(18-9-12)19-5-2-10(3-6-19)13-7-11(13)1-4-16/h8-11,13H,1-7H2;8-11,13H,1-7,16H2/t2*11-,13-/m11/s1. The molecule has 0 aromatic carbocycles. The quantitative estimate of drug-likeness (QED) is 0.216. The van der Waals surface area contributed by atoms with Crippen molar-refractivity contribution in [2.24, 2.45) is 46.4 Å². The van der Waals surface area contributed by atoms with Gasteiger partial charge in [-0.15, -0.1) is 0 Å². The highest BCUT2D eigenvalue weighted by Gasteiger charge is 2.43. The van der Waals surface area contributed by atoms with Gasteiger partial charge in [-0.05, 0) is 98.9 Å². The minimum absolute atomic E-state index is 0.578. The van der Waals surface area contributed by atoms with Gasteiger partial charge in [0.1, 0.15) is 0 Å². The largest absolute Gasteiger partial charge is 0.341 e. The van der Waals surface area contributed by atoms with Crippen LogP contribution < -0.4 is 15.5 Å². The van der Waals surface area contributed by atoms with E-state index in [2.05, 4.69) is 39.8 Å². The van der Waals surface area contributed by atoms with Crippen molar-refractivity contribution in [3.63, 3.8) is 0 Å². The fourth-order valence-electron chi connectivity index (χ4n) is 6.84. The first-order chi connectivity index (χ1) is 19.6. The lowest BCUT2D eigenvalue weighted by atomic mass is 9.90. The van der Waals surface area contributed by atoms with E-state index < -0.39 is 0 Å². The van der Waals surface area contributed by atoms with Gasteiger partial charge in [0.05, 0.1) is 34.8 Å². The zero-order valence-electron chi connectivity index (χ0n) is 23.0. The van der Waals surface area contributed by atoms with Crippen molar-refractivity contribution in [3.8, 4) is 0 Å². The van der Waals surface area contributed by atoms with Crippen LogP contribution >= 0.6 is 23.2 Å². The molecule has 12 heteroatoms. The highest BCUT2D eigenvalue weighted by atomic mass is 35.5. The lowest BCUT2D eigenvalue weighted by Crippen LogP contribution is -2.35. The van der Waals surface area contributed by atoms with E-state index in [1.807, 2.05) is 0 Å². The van der Waals surface area contributed by atoms with Crippen molar-refractivity contribution in [2.75, 3.05) is 49.1 Å². The summed E-state index contributed by atoms with van der Waals surface area (Å²) in [5.41, 5.74) is 13.9. The molecule has 40 heavy (non-hydrogen) atoms. The van der Waals surface area contributed by atoms with Crippen LogP contribution in [0.25, 0.3) is 10.4 Å². The number of anilines is 2. The van der Waals surface area contributed by atoms with Crippen LogP contribution in [-0.2, 0) is 0 Å². The SMILES string of the molecule is NCC[C@@H]1C[C@@H]1C1CCN(c2ncc(Cl)cn2)CC1.[N-]=[N+]=NCC[C@@H]1C[C@@H]1C1CCN(c2ncc(Cl)cn2)CC1. The topological polar surface area (TPSA) is 133 Å². The normalized spacial score (nSPS) is 26.5. The molecular formula is C28H40Cl2N10. The third-order valence-electron chi connectivity index (χ3n) is 9.22. The second-order valence-corrected chi connectivity index (χ2v) is 12.6. The van der Waals surface area contributed by atoms with Gasteiger partial charge in [0.25, 0.3) is 0 Å². The molecule has 2 saturated heterocycles. The summed E-state index contributed by atoms with van der Waals surface area (Å²) in [7, 11) is 0. The lowest BCUT2D eigenvalue weighted by molar-refractivity contribution is 0.342. The van der Waals surface area contributed by atoms with Gasteiger partial charge in [-0.1, -0.05) is 28.3 Å². The summed E-state index contributed by atoms with van der Waals surface area (Å²) >= 11 is 11.6. The summed E-state index contributed by atoms with van der Waals surface area (Å²) in [6, 6.07) is 0. The lowest BCUT2D eigenvalue weighted by Gasteiger charge is -2.32. The van der Waals surface area contributed by atoms with Crippen molar-refractivity contribution in [3.05, 3.63) is 45.3 Å². The molecule has 0 bridgehead atoms. The molecule has 2 aliphatic heterocycles. The van der Waals surface area contributed by atoms with Crippen LogP contribution in [0.15, 0.2) is 29.9 Å². The smallest absolute Gasteiger partial charge is 0.225 e. The van der Waals surface area contributed by atoms with Gasteiger partial charge in [-0.3, -0.25) is 0 Å². The molecule has 2 aromatic heterocycles. The van der Waals surface area contributed by atoms with Crippen LogP contribution in [0, 0.1) is 35.5 Å². The summed E-state index contributed by atoms with van der Waals surface area (Å²) in [5.74, 6) is 6.77. The van der Waals surface area contributed by atoms with Gasteiger partial charge in [0.2, 0.25) is 11.9 Å². The number of halogens is 2. The summed E-state index contributed by atoms with van der Waals surface area (Å²) in [5, 5.41) is 4.81. The van der Waals surface area contributed by atoms with Crippen molar-refractivity contribution in [1.29, 1.82) is 0 Å². The Balaban J connectivity index is 0.000000162. The Bertz CT molecular complexity index is 1110. The summed E-state index contributed by atoms with van der Waals surface area (Å²) in [6.45, 7) is 5.67. The van der Waals surface area contributed by atoms with Gasteiger partial charge in [0.15, 0.2) is 0 Å². The molecule has 4 fully saturated rings. The Kier molecular flexibility index (Phi) is 10.2. The maximum atomic E-state index is 8.30. The average molecular weight is 588 g/mol. The number of hydrogen-bond acceptors (Lipinski definition) is 8. The number of nitrogens with two attached hydrogens (primary N) is 1. The minimum atomic E-state index is 0.578. The molecule has 4 aliphatic rings. The summed E-state index contributed by atoms with van der Waals surface area (Å²) < 4.78 is 0. The Labute approximate surface area is 246 Å². The van der Waals surface area contributed by atoms with Crippen LogP contribution in [-0.4, -0.2) is 59.2 Å². The number of nitrogens with zero attached hydrogens (tertiary/aromatic N) is 9. The van der Waals surface area contributed by atoms with Gasteiger partial charge in [-0.2, -0.15) is 0 Å². The molecule has 4 heterocycles. The second-order valence-electron chi connectivity index (χ2n) is 11.7. The van der Waals surface area contributed by atoms with Gasteiger partial charge in [0, 0.05) is 37.6 Å². The number of aromatic nitrogens is 4. The maximum absolute atomic E-state index is 8.30. The van der Waals surface area contributed by atoms with E-state index in [1.54, 1.807) is 24.8 Å². The molecular weight excluding hydrogens is 547 g/mol. The fourth-order valence-corrected chi connectivity index (χ4v) is 7.03. The first-order valence-electron chi connectivity index (χ1n) is 14.7. The third kappa shape index (κ3) is 7.87. The Morgan fingerprint density at radius 2 is 1.20 bits per heavy atom. The molecule has 0 amide bonds. The third-order valence-corrected chi connectivity index (χ3v) is 9.61. The molecule has 2 aliphatic carbocycles. The predicted octanol–water partition coefficient (Wildman–Crippen LogP) is 6.01. The first kappa shape index (κ1) is 29.1. The van der Waals surface area contributed by atoms with Crippen molar-refractivity contribution >= 4 is 35.1 Å². The van der Waals surface area contributed by atoms with E-state index in [1.165, 1.54) is 44.9 Å². The molecule has 2 aromatic rings. The van der Waals surface area contributed by atoms with E-state index in [0.717, 1.165) is 86.5 Å². The number of hydrogen-bond donors (Lipinski definition) is 1. The zero-order chi connectivity index (χ0) is 27.9. The van der Waals surface area contributed by atoms with Crippen LogP contribution in [0.2, 0.25) is 10.0 Å². The summed E-state index contributed by atoms with van der Waals surface area (Å²) in [6.07, 6.45) is 16.6. The monoisotopic (exact) mass is 586 g/mol. The fraction of sp³-hybridized carbons (Fsp3) is 0.714. The number of rotatable bonds is 9. The molecule has 6 rings (SSSR count). The Morgan fingerprint density at radius 1 is 0.775 bits per heavy atom. The number of piperidine rings is 2. The van der Waals surface area contributed by atoms with Crippen LogP contribution in [0.1, 0.15) is 51.4 Å². The Morgan fingerprint density at radius 3 is 1.60 bits per heavy atom. The van der Waals surface area contributed by atoms with E-state index in [4.69, 9.17) is 34.5 Å². The highest BCUT2D eigenvalue weighted by molar-refractivity contribution is 6.30. The number of azide groups is 1. The van der Waals surface area contributed by atoms with Crippen LogP contribution in [0.4, 0.5) is 11.9 Å². The van der Waals surface area contributed by atoms with E-state index in [0.29, 0.717) is 16.6 Å². The Hall–Kier alpha value is -2.39. The highest BCUT2D eigenvalue weighted by Crippen LogP contribution is 2.50. The van der Waals surface area contributed by atoms with Crippen LogP contribution in [0.5, 0.6) is 0 Å². The van der Waals surface area contributed by atoms with Crippen molar-refractivity contribution in [1.82, 2.24) is 19.9 Å².